The summed E-state index contributed by atoms with van der Waals surface area (Å²) in [6.45, 7) is 0. The summed E-state index contributed by atoms with van der Waals surface area (Å²) in [7, 11) is 0. The summed E-state index contributed by atoms with van der Waals surface area (Å²) in [5, 5.41) is 4.11. The van der Waals surface area contributed by atoms with Gasteiger partial charge >= 0.3 is 0 Å². The van der Waals surface area contributed by atoms with Gasteiger partial charge in [-0.3, -0.25) is 9.59 Å². The molecule has 4 nitrogen and oxygen atoms in total. The first-order valence-corrected chi connectivity index (χ1v) is 12.4. The smallest absolute Gasteiger partial charge is 0.255 e. The van der Waals surface area contributed by atoms with Crippen LogP contribution in [0.15, 0.2) is 24.3 Å². The third-order valence-electron chi connectivity index (χ3n) is 4.28. The molecule has 0 bridgehead atoms. The zero-order valence-corrected chi connectivity index (χ0v) is 23.5. The molecule has 14 heteroatoms. The van der Waals surface area contributed by atoms with Crippen molar-refractivity contribution in [3.63, 3.8) is 0 Å². The van der Waals surface area contributed by atoms with Crippen molar-refractivity contribution in [1.29, 1.82) is 0 Å². The number of benzene rings is 3. The van der Waals surface area contributed by atoms with Gasteiger partial charge in [-0.2, -0.15) is 0 Å². The molecule has 2 amide bonds. The average molecular weight is 661 g/mol. The molecular weight excluding hydrogens is 655 g/mol. The standard InChI is InChI=1S/C20H6Cl10N2O2/c21-7-9(23)13(27)17(14(28)10(7)24)31-19(33)5-2-1-3-6(4-5)20(34)32-18-15(29)11(25)8(22)12(26)16(18)30/h1-4H,(H,31,33)(H,32,34). The summed E-state index contributed by atoms with van der Waals surface area (Å²) < 4.78 is 0. The molecule has 0 saturated carbocycles. The Morgan fingerprint density at radius 2 is 0.735 bits per heavy atom. The molecule has 3 aromatic carbocycles. The van der Waals surface area contributed by atoms with E-state index in [0.717, 1.165) is 0 Å². The van der Waals surface area contributed by atoms with E-state index in [9.17, 15) is 9.59 Å². The molecule has 3 aromatic rings. The zero-order chi connectivity index (χ0) is 25.5. The molecule has 178 valence electrons. The van der Waals surface area contributed by atoms with E-state index in [1.54, 1.807) is 0 Å². The van der Waals surface area contributed by atoms with E-state index in [1.165, 1.54) is 24.3 Å². The van der Waals surface area contributed by atoms with Gasteiger partial charge in [0.15, 0.2) is 0 Å². The quantitative estimate of drug-likeness (QED) is 0.216. The van der Waals surface area contributed by atoms with E-state index < -0.39 is 11.8 Å². The van der Waals surface area contributed by atoms with Crippen molar-refractivity contribution in [3.05, 3.63) is 85.6 Å². The van der Waals surface area contributed by atoms with E-state index in [4.69, 9.17) is 116 Å². The first-order valence-electron chi connectivity index (χ1n) is 8.62. The summed E-state index contributed by atoms with van der Waals surface area (Å²) >= 11 is 60.6. The van der Waals surface area contributed by atoms with Crippen LogP contribution >= 0.6 is 116 Å². The second kappa shape index (κ2) is 11.3. The van der Waals surface area contributed by atoms with Gasteiger partial charge in [0.25, 0.3) is 11.8 Å². The molecule has 0 saturated heterocycles. The topological polar surface area (TPSA) is 58.2 Å². The molecule has 0 atom stereocenters. The number of nitrogens with one attached hydrogen (secondary N) is 2. The maximum atomic E-state index is 12.8. The van der Waals surface area contributed by atoms with Gasteiger partial charge in [0.2, 0.25) is 0 Å². The lowest BCUT2D eigenvalue weighted by Crippen LogP contribution is -2.16. The molecule has 0 radical (unpaired) electrons. The van der Waals surface area contributed by atoms with Crippen molar-refractivity contribution in [2.75, 3.05) is 10.6 Å². The predicted molar refractivity (Wildman–Crippen MR) is 145 cm³/mol. The highest BCUT2D eigenvalue weighted by atomic mass is 35.5. The summed E-state index contributed by atoms with van der Waals surface area (Å²) in [4.78, 5) is 25.6. The van der Waals surface area contributed by atoms with Crippen molar-refractivity contribution >= 4 is 139 Å². The van der Waals surface area contributed by atoms with E-state index in [-0.39, 0.29) is 72.7 Å². The van der Waals surface area contributed by atoms with Crippen LogP contribution in [0, 0.1) is 0 Å². The fraction of sp³-hybridized carbons (Fsp3) is 0. The van der Waals surface area contributed by atoms with Gasteiger partial charge in [0.1, 0.15) is 0 Å². The van der Waals surface area contributed by atoms with Crippen LogP contribution in [-0.2, 0) is 0 Å². The molecule has 0 aliphatic carbocycles. The van der Waals surface area contributed by atoms with E-state index in [1.807, 2.05) is 0 Å². The highest BCUT2D eigenvalue weighted by molar-refractivity contribution is 6.58. The Morgan fingerprint density at radius 1 is 0.471 bits per heavy atom. The lowest BCUT2D eigenvalue weighted by atomic mass is 10.1. The van der Waals surface area contributed by atoms with Crippen molar-refractivity contribution in [3.8, 4) is 0 Å². The number of carbonyl (C=O) groups excluding carboxylic acids is 2. The summed E-state index contributed by atoms with van der Waals surface area (Å²) in [5.41, 5.74) is 0.0517. The number of rotatable bonds is 4. The van der Waals surface area contributed by atoms with Gasteiger partial charge in [-0.05, 0) is 18.2 Å². The number of halogens is 10. The van der Waals surface area contributed by atoms with Gasteiger partial charge in [-0.15, -0.1) is 0 Å². The van der Waals surface area contributed by atoms with Crippen molar-refractivity contribution in [2.45, 2.75) is 0 Å². The van der Waals surface area contributed by atoms with Gasteiger partial charge in [-0.1, -0.05) is 122 Å². The molecule has 0 heterocycles. The van der Waals surface area contributed by atoms with Crippen LogP contribution in [0.1, 0.15) is 20.7 Å². The van der Waals surface area contributed by atoms with Crippen LogP contribution < -0.4 is 10.6 Å². The number of carbonyl (C=O) groups is 2. The summed E-state index contributed by atoms with van der Waals surface area (Å²) in [5.74, 6) is -1.33. The molecule has 0 fully saturated rings. The third-order valence-corrected chi connectivity index (χ3v) is 8.84. The predicted octanol–water partition coefficient (Wildman–Crippen LogP) is 10.7. The third kappa shape index (κ3) is 5.42. The molecule has 3 rings (SSSR count). The van der Waals surface area contributed by atoms with Gasteiger partial charge < -0.3 is 10.6 Å². The largest absolute Gasteiger partial charge is 0.319 e. The van der Waals surface area contributed by atoms with E-state index in [0.29, 0.717) is 0 Å². The Kier molecular flexibility index (Phi) is 9.30. The van der Waals surface area contributed by atoms with E-state index >= 15 is 0 Å². The Labute approximate surface area is 243 Å². The molecule has 2 N–H and O–H groups in total. The SMILES string of the molecule is O=C(Nc1c(Cl)c(Cl)c(Cl)c(Cl)c1Cl)c1cccc(C(=O)Nc2c(Cl)c(Cl)c(Cl)c(Cl)c2Cl)c1. The minimum atomic E-state index is -0.665. The first-order chi connectivity index (χ1) is 15.9. The van der Waals surface area contributed by atoms with Crippen LogP contribution in [-0.4, -0.2) is 11.8 Å². The lowest BCUT2D eigenvalue weighted by Gasteiger charge is -2.15. The fourth-order valence-electron chi connectivity index (χ4n) is 2.60. The van der Waals surface area contributed by atoms with Crippen LogP contribution in [0.5, 0.6) is 0 Å². The summed E-state index contributed by atoms with van der Waals surface area (Å²) in [6.07, 6.45) is 0. The maximum absolute atomic E-state index is 12.8. The minimum absolute atomic E-state index is 0.0494. The molecule has 0 spiro atoms. The Hall–Kier alpha value is -0.500. The van der Waals surface area contributed by atoms with Gasteiger partial charge in [0, 0.05) is 11.1 Å². The van der Waals surface area contributed by atoms with Crippen molar-refractivity contribution in [2.24, 2.45) is 0 Å². The van der Waals surface area contributed by atoms with Gasteiger partial charge in [0.05, 0.1) is 61.6 Å². The van der Waals surface area contributed by atoms with Crippen LogP contribution in [0.2, 0.25) is 50.2 Å². The Bertz CT molecular complexity index is 1200. The van der Waals surface area contributed by atoms with Crippen molar-refractivity contribution in [1.82, 2.24) is 0 Å². The highest BCUT2D eigenvalue weighted by Crippen LogP contribution is 2.48. The molecule has 0 unspecified atom stereocenters. The molecule has 0 aliphatic rings. The Morgan fingerprint density at radius 3 is 1.03 bits per heavy atom. The molecule has 0 aromatic heterocycles. The van der Waals surface area contributed by atoms with Crippen molar-refractivity contribution < 1.29 is 9.59 Å². The van der Waals surface area contributed by atoms with Crippen LogP contribution in [0.25, 0.3) is 0 Å². The average Bonchev–Trinajstić information content (AvgIpc) is 2.84. The lowest BCUT2D eigenvalue weighted by molar-refractivity contribution is 0.102. The number of hydrogen-bond donors (Lipinski definition) is 2. The second-order valence-electron chi connectivity index (χ2n) is 6.38. The molecular formula is C20H6Cl10N2O2. The molecule has 0 aliphatic heterocycles. The first kappa shape index (κ1) is 28.1. The number of hydrogen-bond acceptors (Lipinski definition) is 2. The highest BCUT2D eigenvalue weighted by Gasteiger charge is 2.23. The second-order valence-corrected chi connectivity index (χ2v) is 10.2. The monoisotopic (exact) mass is 656 g/mol. The number of anilines is 2. The fourth-order valence-corrected chi connectivity index (χ4v) is 5.07. The van der Waals surface area contributed by atoms with E-state index in [2.05, 4.69) is 10.6 Å². The molecule has 34 heavy (non-hydrogen) atoms. The van der Waals surface area contributed by atoms with Crippen LogP contribution in [0.3, 0.4) is 0 Å². The zero-order valence-electron chi connectivity index (χ0n) is 15.9. The van der Waals surface area contributed by atoms with Crippen LogP contribution in [0.4, 0.5) is 11.4 Å². The number of amides is 2. The maximum Gasteiger partial charge on any atom is 0.255 e. The van der Waals surface area contributed by atoms with Gasteiger partial charge in [-0.25, -0.2) is 0 Å². The normalized spacial score (nSPS) is 10.9. The minimum Gasteiger partial charge on any atom is -0.319 e. The Balaban J connectivity index is 1.91. The summed E-state index contributed by atoms with van der Waals surface area (Å²) in [6, 6.07) is 5.67.